The van der Waals surface area contributed by atoms with E-state index < -0.39 is 17.4 Å². The predicted octanol–water partition coefficient (Wildman–Crippen LogP) is 5.04. The van der Waals surface area contributed by atoms with Crippen LogP contribution in [0.3, 0.4) is 0 Å². The number of hydrogen-bond acceptors (Lipinski definition) is 3. The molecule has 0 saturated carbocycles. The average molecular weight is 428 g/mol. The highest BCUT2D eigenvalue weighted by molar-refractivity contribution is 5.86. The monoisotopic (exact) mass is 427 g/mol. The van der Waals surface area contributed by atoms with E-state index >= 15 is 0 Å². The molecule has 0 radical (unpaired) electrons. The molecule has 4 nitrogen and oxygen atoms in total. The molecule has 3 aromatic rings. The van der Waals surface area contributed by atoms with Crippen molar-refractivity contribution in [2.24, 2.45) is 0 Å². The van der Waals surface area contributed by atoms with E-state index in [2.05, 4.69) is 11.9 Å². The van der Waals surface area contributed by atoms with Gasteiger partial charge in [0.15, 0.2) is 0 Å². The molecule has 1 atom stereocenters. The average Bonchev–Trinajstić information content (AvgIpc) is 2.83. The lowest BCUT2D eigenvalue weighted by Gasteiger charge is -2.36. The zero-order valence-corrected chi connectivity index (χ0v) is 18.6. The molecular formula is C28H29NO3. The van der Waals surface area contributed by atoms with Crippen LogP contribution < -0.4 is 5.32 Å². The third-order valence-corrected chi connectivity index (χ3v) is 5.60. The predicted molar refractivity (Wildman–Crippen MR) is 127 cm³/mol. The van der Waals surface area contributed by atoms with Crippen LogP contribution in [0.2, 0.25) is 0 Å². The van der Waals surface area contributed by atoms with E-state index in [9.17, 15) is 9.59 Å². The van der Waals surface area contributed by atoms with Crippen molar-refractivity contribution in [1.29, 1.82) is 0 Å². The summed E-state index contributed by atoms with van der Waals surface area (Å²) in [5.74, 6) is -0.718. The largest absolute Gasteiger partial charge is 0.467 e. The van der Waals surface area contributed by atoms with E-state index in [1.807, 2.05) is 97.9 Å². The molecule has 0 unspecified atom stereocenters. The fourth-order valence-corrected chi connectivity index (χ4v) is 4.14. The maximum Gasteiger partial charge on any atom is 0.328 e. The lowest BCUT2D eigenvalue weighted by molar-refractivity contribution is -0.145. The summed E-state index contributed by atoms with van der Waals surface area (Å²) in [5.41, 5.74) is 3.07. The minimum Gasteiger partial charge on any atom is -0.467 e. The standard InChI is InChI=1S/C28H29NO3/c1-21(2)19-25(27(31)32-3)29-26(30)20-28(22-13-7-4-8-14-22,23-15-9-5-10-16-23)24-17-11-6-12-18-24/h4-18,25H,1,19-20H2,2-3H3,(H,29,30)/t25-/m1/s1. The van der Waals surface area contributed by atoms with E-state index in [4.69, 9.17) is 4.74 Å². The van der Waals surface area contributed by atoms with Crippen molar-refractivity contribution in [3.63, 3.8) is 0 Å². The van der Waals surface area contributed by atoms with Gasteiger partial charge in [0.05, 0.1) is 12.5 Å². The van der Waals surface area contributed by atoms with Crippen LogP contribution in [-0.2, 0) is 19.7 Å². The first-order valence-corrected chi connectivity index (χ1v) is 10.7. The molecule has 0 aromatic heterocycles. The molecule has 1 N–H and O–H groups in total. The zero-order chi connectivity index (χ0) is 23.0. The Morgan fingerprint density at radius 2 is 1.25 bits per heavy atom. The van der Waals surface area contributed by atoms with Gasteiger partial charge in [0.25, 0.3) is 0 Å². The first-order chi connectivity index (χ1) is 15.5. The van der Waals surface area contributed by atoms with Crippen LogP contribution in [0.1, 0.15) is 36.5 Å². The molecule has 32 heavy (non-hydrogen) atoms. The van der Waals surface area contributed by atoms with Crippen molar-refractivity contribution < 1.29 is 14.3 Å². The van der Waals surface area contributed by atoms with E-state index in [0.29, 0.717) is 6.42 Å². The molecule has 0 saturated heterocycles. The first-order valence-electron chi connectivity index (χ1n) is 10.7. The second kappa shape index (κ2) is 10.6. The summed E-state index contributed by atoms with van der Waals surface area (Å²) in [6, 6.07) is 29.2. The molecule has 0 aliphatic heterocycles. The van der Waals surface area contributed by atoms with Gasteiger partial charge in [-0.2, -0.15) is 0 Å². The van der Waals surface area contributed by atoms with Crippen LogP contribution >= 0.6 is 0 Å². The minimum absolute atomic E-state index is 0.134. The maximum atomic E-state index is 13.4. The summed E-state index contributed by atoms with van der Waals surface area (Å²) < 4.78 is 4.90. The van der Waals surface area contributed by atoms with Gasteiger partial charge in [0.1, 0.15) is 6.04 Å². The third-order valence-electron chi connectivity index (χ3n) is 5.60. The van der Waals surface area contributed by atoms with Crippen LogP contribution in [0.4, 0.5) is 0 Å². The van der Waals surface area contributed by atoms with Crippen LogP contribution in [0.25, 0.3) is 0 Å². The Hall–Kier alpha value is -3.66. The Bertz CT molecular complexity index is 949. The molecular weight excluding hydrogens is 398 g/mol. The number of amides is 1. The van der Waals surface area contributed by atoms with Crippen LogP contribution in [-0.4, -0.2) is 25.0 Å². The number of carbonyl (C=O) groups is 2. The summed E-state index contributed by atoms with van der Waals surface area (Å²) >= 11 is 0. The van der Waals surface area contributed by atoms with Gasteiger partial charge >= 0.3 is 5.97 Å². The van der Waals surface area contributed by atoms with Crippen LogP contribution in [0, 0.1) is 0 Å². The number of nitrogens with one attached hydrogen (secondary N) is 1. The molecule has 3 aromatic carbocycles. The van der Waals surface area contributed by atoms with Gasteiger partial charge in [-0.15, -0.1) is 6.58 Å². The summed E-state index contributed by atoms with van der Waals surface area (Å²) in [7, 11) is 1.32. The van der Waals surface area contributed by atoms with Gasteiger partial charge in [0, 0.05) is 6.42 Å². The molecule has 3 rings (SSSR count). The summed E-state index contributed by atoms with van der Waals surface area (Å²) in [4.78, 5) is 25.7. The third kappa shape index (κ3) is 5.14. The highest BCUT2D eigenvalue weighted by Gasteiger charge is 2.39. The molecule has 0 aliphatic rings. The number of hydrogen-bond donors (Lipinski definition) is 1. The van der Waals surface area contributed by atoms with Crippen molar-refractivity contribution in [2.75, 3.05) is 7.11 Å². The van der Waals surface area contributed by atoms with E-state index in [1.54, 1.807) is 0 Å². The number of esters is 1. The molecule has 0 spiro atoms. The fraction of sp³-hybridized carbons (Fsp3) is 0.214. The highest BCUT2D eigenvalue weighted by atomic mass is 16.5. The van der Waals surface area contributed by atoms with Gasteiger partial charge in [0.2, 0.25) is 5.91 Å². The lowest BCUT2D eigenvalue weighted by Crippen LogP contribution is -2.45. The van der Waals surface area contributed by atoms with Gasteiger partial charge in [-0.25, -0.2) is 4.79 Å². The molecule has 0 aliphatic carbocycles. The molecule has 1 amide bonds. The smallest absolute Gasteiger partial charge is 0.328 e. The number of methoxy groups -OCH3 is 1. The normalized spacial score (nSPS) is 11.9. The zero-order valence-electron chi connectivity index (χ0n) is 18.6. The van der Waals surface area contributed by atoms with E-state index in [1.165, 1.54) is 7.11 Å². The number of carbonyl (C=O) groups excluding carboxylic acids is 2. The topological polar surface area (TPSA) is 55.4 Å². The van der Waals surface area contributed by atoms with Crippen LogP contribution in [0.15, 0.2) is 103 Å². The van der Waals surface area contributed by atoms with Crippen molar-refractivity contribution >= 4 is 11.9 Å². The van der Waals surface area contributed by atoms with Gasteiger partial charge in [-0.1, -0.05) is 96.6 Å². The molecule has 0 fully saturated rings. The molecule has 0 heterocycles. The highest BCUT2D eigenvalue weighted by Crippen LogP contribution is 2.42. The van der Waals surface area contributed by atoms with Crippen LogP contribution in [0.5, 0.6) is 0 Å². The molecule has 164 valence electrons. The SMILES string of the molecule is C=C(C)C[C@@H](NC(=O)CC(c1ccccc1)(c1ccccc1)c1ccccc1)C(=O)OC. The quantitative estimate of drug-likeness (QED) is 0.296. The second-order valence-electron chi connectivity index (χ2n) is 7.98. The Morgan fingerprint density at radius 3 is 1.59 bits per heavy atom. The van der Waals surface area contributed by atoms with Crippen molar-refractivity contribution in [3.8, 4) is 0 Å². The fourth-order valence-electron chi connectivity index (χ4n) is 4.14. The summed E-state index contributed by atoms with van der Waals surface area (Å²) in [6.45, 7) is 5.70. The molecule has 0 bridgehead atoms. The second-order valence-corrected chi connectivity index (χ2v) is 7.98. The van der Waals surface area contributed by atoms with Gasteiger partial charge in [-0.3, -0.25) is 4.79 Å². The number of rotatable bonds is 9. The minimum atomic E-state index is -0.773. The Balaban J connectivity index is 2.09. The number of benzene rings is 3. The van der Waals surface area contributed by atoms with Gasteiger partial charge in [-0.05, 0) is 30.0 Å². The lowest BCUT2D eigenvalue weighted by atomic mass is 9.67. The van der Waals surface area contributed by atoms with Crippen molar-refractivity contribution in [3.05, 3.63) is 120 Å². The first kappa shape index (κ1) is 23.0. The van der Waals surface area contributed by atoms with Crippen molar-refractivity contribution in [2.45, 2.75) is 31.2 Å². The van der Waals surface area contributed by atoms with Crippen molar-refractivity contribution in [1.82, 2.24) is 5.32 Å². The Labute approximate surface area is 189 Å². The Morgan fingerprint density at radius 1 is 0.844 bits per heavy atom. The van der Waals surface area contributed by atoms with E-state index in [0.717, 1.165) is 22.3 Å². The van der Waals surface area contributed by atoms with E-state index in [-0.39, 0.29) is 12.3 Å². The summed E-state index contributed by atoms with van der Waals surface area (Å²) in [6.07, 6.45) is 0.460. The van der Waals surface area contributed by atoms with Gasteiger partial charge < -0.3 is 10.1 Å². The maximum absolute atomic E-state index is 13.4. The summed E-state index contributed by atoms with van der Waals surface area (Å²) in [5, 5.41) is 2.89. The Kier molecular flexibility index (Phi) is 7.61. The molecule has 4 heteroatoms. The number of ether oxygens (including phenoxy) is 1.